The monoisotopic (exact) mass is 247 g/mol. The molecule has 0 aliphatic rings. The molecule has 0 aliphatic carbocycles. The van der Waals surface area contributed by atoms with Crippen molar-refractivity contribution >= 4 is 11.9 Å². The van der Waals surface area contributed by atoms with E-state index in [2.05, 4.69) is 0 Å². The Morgan fingerprint density at radius 2 is 1.82 bits per heavy atom. The van der Waals surface area contributed by atoms with E-state index in [1.807, 2.05) is 0 Å². The number of rotatable bonds is 5. The molecule has 100 valence electrons. The topological polar surface area (TPSA) is 46.6 Å². The molecule has 0 aliphatic heterocycles. The highest BCUT2D eigenvalue weighted by molar-refractivity contribution is 5.83. The minimum absolute atomic E-state index is 0.0748. The standard InChI is InChI=1S/C12H22FNO3/c1-8(2)17-11(16)10(7-12(4,5)13)14(6)9(3)15/h8,10H,7H2,1-6H3/t10-/m0/s1. The van der Waals surface area contributed by atoms with Crippen molar-refractivity contribution in [2.24, 2.45) is 0 Å². The van der Waals surface area contributed by atoms with E-state index in [1.165, 1.54) is 32.7 Å². The summed E-state index contributed by atoms with van der Waals surface area (Å²) < 4.78 is 18.6. The summed E-state index contributed by atoms with van der Waals surface area (Å²) >= 11 is 0. The summed E-state index contributed by atoms with van der Waals surface area (Å²) in [7, 11) is 1.47. The number of amides is 1. The average molecular weight is 247 g/mol. The molecule has 1 amide bonds. The van der Waals surface area contributed by atoms with Gasteiger partial charge in [0.2, 0.25) is 5.91 Å². The first kappa shape index (κ1) is 15.9. The van der Waals surface area contributed by atoms with Gasteiger partial charge in [-0.2, -0.15) is 0 Å². The lowest BCUT2D eigenvalue weighted by Gasteiger charge is -2.29. The number of alkyl halides is 1. The lowest BCUT2D eigenvalue weighted by atomic mass is 10.00. The van der Waals surface area contributed by atoms with Crippen LogP contribution in [0.5, 0.6) is 0 Å². The fourth-order valence-corrected chi connectivity index (χ4v) is 1.37. The van der Waals surface area contributed by atoms with Crippen LogP contribution in [-0.4, -0.2) is 41.6 Å². The first-order valence-corrected chi connectivity index (χ1v) is 5.67. The summed E-state index contributed by atoms with van der Waals surface area (Å²) in [6.45, 7) is 7.50. The number of hydrogen-bond acceptors (Lipinski definition) is 3. The molecule has 0 spiro atoms. The number of esters is 1. The molecule has 0 N–H and O–H groups in total. The molecule has 5 heteroatoms. The summed E-state index contributed by atoms with van der Waals surface area (Å²) in [6.07, 6.45) is -0.359. The van der Waals surface area contributed by atoms with E-state index in [0.29, 0.717) is 0 Å². The quantitative estimate of drug-likeness (QED) is 0.697. The summed E-state index contributed by atoms with van der Waals surface area (Å²) in [4.78, 5) is 24.3. The van der Waals surface area contributed by atoms with E-state index in [4.69, 9.17) is 4.74 Å². The Balaban J connectivity index is 4.85. The number of carbonyl (C=O) groups is 2. The van der Waals surface area contributed by atoms with Gasteiger partial charge in [-0.1, -0.05) is 0 Å². The predicted octanol–water partition coefficient (Wildman–Crippen LogP) is 1.92. The second-order valence-corrected chi connectivity index (χ2v) is 5.05. The van der Waals surface area contributed by atoms with Crippen molar-refractivity contribution in [3.8, 4) is 0 Å². The molecule has 0 unspecified atom stereocenters. The van der Waals surface area contributed by atoms with Gasteiger partial charge in [0, 0.05) is 20.4 Å². The van der Waals surface area contributed by atoms with Gasteiger partial charge in [0.05, 0.1) is 6.10 Å². The summed E-state index contributed by atoms with van der Waals surface area (Å²) in [5.41, 5.74) is -1.54. The molecule has 0 saturated carbocycles. The highest BCUT2D eigenvalue weighted by Gasteiger charge is 2.33. The minimum atomic E-state index is -1.54. The summed E-state index contributed by atoms with van der Waals surface area (Å²) in [5, 5.41) is 0. The number of ether oxygens (including phenoxy) is 1. The van der Waals surface area contributed by atoms with Gasteiger partial charge in [-0.3, -0.25) is 4.79 Å². The van der Waals surface area contributed by atoms with E-state index in [0.717, 1.165) is 0 Å². The molecule has 4 nitrogen and oxygen atoms in total. The molecule has 0 aromatic rings. The van der Waals surface area contributed by atoms with Crippen LogP contribution in [0.3, 0.4) is 0 Å². The second kappa shape index (κ2) is 5.98. The third-order valence-electron chi connectivity index (χ3n) is 2.27. The Labute approximate surface area is 102 Å². The zero-order chi connectivity index (χ0) is 13.8. The van der Waals surface area contributed by atoms with Crippen LogP contribution in [0.1, 0.15) is 41.0 Å². The molecule has 0 heterocycles. The van der Waals surface area contributed by atoms with E-state index < -0.39 is 17.7 Å². The van der Waals surface area contributed by atoms with E-state index in [1.54, 1.807) is 13.8 Å². The van der Waals surface area contributed by atoms with Gasteiger partial charge >= 0.3 is 5.97 Å². The van der Waals surface area contributed by atoms with Gasteiger partial charge in [-0.25, -0.2) is 9.18 Å². The van der Waals surface area contributed by atoms with Gasteiger partial charge in [0.25, 0.3) is 0 Å². The molecule has 0 fully saturated rings. The van der Waals surface area contributed by atoms with E-state index in [9.17, 15) is 14.0 Å². The maximum atomic E-state index is 13.6. The van der Waals surface area contributed by atoms with Crippen LogP contribution < -0.4 is 0 Å². The summed E-state index contributed by atoms with van der Waals surface area (Å²) in [5.74, 6) is -0.858. The van der Waals surface area contributed by atoms with Crippen LogP contribution in [0.25, 0.3) is 0 Å². The largest absolute Gasteiger partial charge is 0.461 e. The van der Waals surface area contributed by atoms with Crippen molar-refractivity contribution in [2.45, 2.75) is 58.9 Å². The Hall–Kier alpha value is -1.13. The van der Waals surface area contributed by atoms with Crippen molar-refractivity contribution in [1.82, 2.24) is 4.90 Å². The number of carbonyl (C=O) groups excluding carboxylic acids is 2. The zero-order valence-corrected chi connectivity index (χ0v) is 11.4. The van der Waals surface area contributed by atoms with Crippen molar-refractivity contribution in [1.29, 1.82) is 0 Å². The lowest BCUT2D eigenvalue weighted by molar-refractivity contribution is -0.158. The van der Waals surface area contributed by atoms with Crippen LogP contribution in [-0.2, 0) is 14.3 Å². The number of halogens is 1. The fourth-order valence-electron chi connectivity index (χ4n) is 1.37. The zero-order valence-electron chi connectivity index (χ0n) is 11.4. The molecule has 0 saturated heterocycles. The van der Waals surface area contributed by atoms with Crippen molar-refractivity contribution in [3.63, 3.8) is 0 Å². The maximum absolute atomic E-state index is 13.6. The van der Waals surface area contributed by atoms with E-state index >= 15 is 0 Å². The number of likely N-dealkylation sites (N-methyl/N-ethyl adjacent to an activating group) is 1. The molecule has 0 aromatic heterocycles. The Bertz CT molecular complexity index is 284. The lowest BCUT2D eigenvalue weighted by Crippen LogP contribution is -2.46. The Kier molecular flexibility index (Phi) is 5.58. The molecule has 1 atom stereocenters. The van der Waals surface area contributed by atoms with E-state index in [-0.39, 0.29) is 18.4 Å². The molecule has 0 aromatic carbocycles. The van der Waals surface area contributed by atoms with Gasteiger partial charge < -0.3 is 9.64 Å². The smallest absolute Gasteiger partial charge is 0.329 e. The Morgan fingerprint density at radius 1 is 1.35 bits per heavy atom. The van der Waals surface area contributed by atoms with Crippen LogP contribution in [0, 0.1) is 0 Å². The van der Waals surface area contributed by atoms with Gasteiger partial charge in [0.15, 0.2) is 0 Å². The third kappa shape index (κ3) is 6.24. The Morgan fingerprint density at radius 3 is 2.12 bits per heavy atom. The van der Waals surface area contributed by atoms with Gasteiger partial charge in [-0.05, 0) is 27.7 Å². The maximum Gasteiger partial charge on any atom is 0.329 e. The van der Waals surface area contributed by atoms with Crippen LogP contribution in [0.4, 0.5) is 4.39 Å². The van der Waals surface area contributed by atoms with Crippen LogP contribution in [0.2, 0.25) is 0 Å². The average Bonchev–Trinajstić information content (AvgIpc) is 2.10. The molecule has 0 bridgehead atoms. The van der Waals surface area contributed by atoms with Crippen molar-refractivity contribution in [2.75, 3.05) is 7.05 Å². The molecule has 17 heavy (non-hydrogen) atoms. The first-order valence-electron chi connectivity index (χ1n) is 5.67. The van der Waals surface area contributed by atoms with Crippen LogP contribution in [0.15, 0.2) is 0 Å². The predicted molar refractivity (Wildman–Crippen MR) is 63.3 cm³/mol. The summed E-state index contributed by atoms with van der Waals surface area (Å²) in [6, 6.07) is -0.880. The molecular formula is C12H22FNO3. The minimum Gasteiger partial charge on any atom is -0.461 e. The van der Waals surface area contributed by atoms with Crippen molar-refractivity contribution in [3.05, 3.63) is 0 Å². The first-order chi connectivity index (χ1) is 7.54. The van der Waals surface area contributed by atoms with Crippen LogP contribution >= 0.6 is 0 Å². The molecule has 0 rings (SSSR count). The highest BCUT2D eigenvalue weighted by atomic mass is 19.1. The second-order valence-electron chi connectivity index (χ2n) is 5.05. The number of nitrogens with zero attached hydrogens (tertiary/aromatic N) is 1. The third-order valence-corrected chi connectivity index (χ3v) is 2.27. The molecular weight excluding hydrogens is 225 g/mol. The number of hydrogen-bond donors (Lipinski definition) is 0. The van der Waals surface area contributed by atoms with Crippen molar-refractivity contribution < 1.29 is 18.7 Å². The highest BCUT2D eigenvalue weighted by Crippen LogP contribution is 2.20. The molecule has 0 radical (unpaired) electrons. The van der Waals surface area contributed by atoms with Gasteiger partial charge in [-0.15, -0.1) is 0 Å². The fraction of sp³-hybridized carbons (Fsp3) is 0.833. The normalized spacial score (nSPS) is 13.4. The van der Waals surface area contributed by atoms with Gasteiger partial charge in [0.1, 0.15) is 11.7 Å². The SMILES string of the molecule is CC(=O)N(C)[C@@H](CC(C)(C)F)C(=O)OC(C)C.